The number of aliphatic carboxylic acids is 1. The van der Waals surface area contributed by atoms with E-state index in [9.17, 15) is 9.59 Å². The molecule has 0 saturated carbocycles. The van der Waals surface area contributed by atoms with Gasteiger partial charge in [-0.25, -0.2) is 9.59 Å². The third-order valence-electron chi connectivity index (χ3n) is 2.89. The van der Waals surface area contributed by atoms with E-state index in [0.29, 0.717) is 28.0 Å². The highest BCUT2D eigenvalue weighted by Gasteiger charge is 2.20. The molecule has 6 heteroatoms. The number of rotatable bonds is 4. The van der Waals surface area contributed by atoms with Crippen LogP contribution in [0.5, 0.6) is 5.75 Å². The van der Waals surface area contributed by atoms with Crippen molar-refractivity contribution < 1.29 is 28.6 Å². The van der Waals surface area contributed by atoms with E-state index < -0.39 is 18.0 Å². The topological polar surface area (TPSA) is 86.0 Å². The second-order valence-electron chi connectivity index (χ2n) is 4.28. The van der Waals surface area contributed by atoms with Gasteiger partial charge in [0.1, 0.15) is 22.7 Å². The highest BCUT2D eigenvalue weighted by atomic mass is 16.5. The fourth-order valence-corrected chi connectivity index (χ4v) is 1.88. The number of hydrogen-bond acceptors (Lipinski definition) is 5. The first-order valence-electron chi connectivity index (χ1n) is 5.95. The van der Waals surface area contributed by atoms with Crippen molar-refractivity contribution >= 4 is 22.9 Å². The number of carbonyl (C=O) groups is 2. The minimum absolute atomic E-state index is 0.316. The number of methoxy groups -OCH3 is 1. The molecule has 2 rings (SSSR count). The number of fused-ring (bicyclic) bond motifs is 1. The van der Waals surface area contributed by atoms with Gasteiger partial charge in [-0.2, -0.15) is 0 Å². The second kappa shape index (κ2) is 5.24. The standard InChI is InChI=1S/C14H14O6/c1-7-12(14(17)18-3)10-6-9(4-5-11(10)20-7)19-8(2)13(15)16/h4-6,8H,1-3H3,(H,15,16)/t8-/m0/s1. The van der Waals surface area contributed by atoms with Crippen molar-refractivity contribution in [2.24, 2.45) is 0 Å². The smallest absolute Gasteiger partial charge is 0.344 e. The molecule has 0 aliphatic carbocycles. The molecule has 1 atom stereocenters. The van der Waals surface area contributed by atoms with Gasteiger partial charge in [0.15, 0.2) is 6.10 Å². The number of benzene rings is 1. The molecule has 0 aliphatic rings. The van der Waals surface area contributed by atoms with Crippen molar-refractivity contribution in [3.63, 3.8) is 0 Å². The molecule has 0 unspecified atom stereocenters. The zero-order valence-electron chi connectivity index (χ0n) is 11.3. The van der Waals surface area contributed by atoms with Gasteiger partial charge in [0.2, 0.25) is 0 Å². The maximum absolute atomic E-state index is 11.7. The van der Waals surface area contributed by atoms with Gasteiger partial charge in [-0.1, -0.05) is 0 Å². The Balaban J connectivity index is 2.47. The van der Waals surface area contributed by atoms with Crippen LogP contribution < -0.4 is 4.74 Å². The van der Waals surface area contributed by atoms with E-state index in [2.05, 4.69) is 0 Å². The van der Waals surface area contributed by atoms with Crippen LogP contribution in [-0.2, 0) is 9.53 Å². The van der Waals surface area contributed by atoms with E-state index in [1.54, 1.807) is 25.1 Å². The number of aryl methyl sites for hydroxylation is 1. The summed E-state index contributed by atoms with van der Waals surface area (Å²) in [5, 5.41) is 9.36. The quantitative estimate of drug-likeness (QED) is 0.864. The number of carboxylic acids is 1. The monoisotopic (exact) mass is 278 g/mol. The fourth-order valence-electron chi connectivity index (χ4n) is 1.88. The number of carboxylic acid groups (broad SMARTS) is 1. The minimum Gasteiger partial charge on any atom is -0.479 e. The summed E-state index contributed by atoms with van der Waals surface area (Å²) < 4.78 is 15.4. The van der Waals surface area contributed by atoms with Crippen LogP contribution in [-0.4, -0.2) is 30.3 Å². The van der Waals surface area contributed by atoms with Crippen molar-refractivity contribution in [1.29, 1.82) is 0 Å². The Morgan fingerprint density at radius 1 is 1.35 bits per heavy atom. The molecule has 0 fully saturated rings. The van der Waals surface area contributed by atoms with Gasteiger partial charge in [0.05, 0.1) is 7.11 Å². The number of esters is 1. The lowest BCUT2D eigenvalue weighted by atomic mass is 10.1. The van der Waals surface area contributed by atoms with Crippen molar-refractivity contribution in [2.45, 2.75) is 20.0 Å². The van der Waals surface area contributed by atoms with Crippen molar-refractivity contribution in [3.05, 3.63) is 29.5 Å². The maximum Gasteiger partial charge on any atom is 0.344 e. The fraction of sp³-hybridized carbons (Fsp3) is 0.286. The van der Waals surface area contributed by atoms with Gasteiger partial charge in [0, 0.05) is 5.39 Å². The lowest BCUT2D eigenvalue weighted by molar-refractivity contribution is -0.144. The van der Waals surface area contributed by atoms with Crippen LogP contribution in [0.3, 0.4) is 0 Å². The van der Waals surface area contributed by atoms with Crippen LogP contribution in [0.15, 0.2) is 22.6 Å². The number of hydrogen-bond donors (Lipinski definition) is 1. The minimum atomic E-state index is -1.07. The third-order valence-corrected chi connectivity index (χ3v) is 2.89. The molecule has 1 heterocycles. The van der Waals surface area contributed by atoms with Crippen LogP contribution in [0.1, 0.15) is 23.0 Å². The summed E-state index contributed by atoms with van der Waals surface area (Å²) >= 11 is 0. The summed E-state index contributed by atoms with van der Waals surface area (Å²) in [5.41, 5.74) is 0.828. The Morgan fingerprint density at radius 2 is 2.05 bits per heavy atom. The number of ether oxygens (including phenoxy) is 2. The molecule has 20 heavy (non-hydrogen) atoms. The van der Waals surface area contributed by atoms with E-state index in [1.807, 2.05) is 0 Å². The predicted molar refractivity (Wildman–Crippen MR) is 70.0 cm³/mol. The van der Waals surface area contributed by atoms with Gasteiger partial charge in [-0.15, -0.1) is 0 Å². The summed E-state index contributed by atoms with van der Waals surface area (Å²) in [5.74, 6) is -0.792. The van der Waals surface area contributed by atoms with E-state index in [1.165, 1.54) is 14.0 Å². The van der Waals surface area contributed by atoms with Crippen molar-refractivity contribution in [2.75, 3.05) is 7.11 Å². The van der Waals surface area contributed by atoms with Crippen LogP contribution >= 0.6 is 0 Å². The summed E-state index contributed by atoms with van der Waals surface area (Å²) in [6.45, 7) is 3.08. The van der Waals surface area contributed by atoms with Crippen molar-refractivity contribution in [3.8, 4) is 5.75 Å². The maximum atomic E-state index is 11.7. The molecular formula is C14H14O6. The lowest BCUT2D eigenvalue weighted by Crippen LogP contribution is -2.22. The van der Waals surface area contributed by atoms with Gasteiger partial charge in [-0.3, -0.25) is 0 Å². The highest BCUT2D eigenvalue weighted by Crippen LogP contribution is 2.29. The van der Waals surface area contributed by atoms with Crippen LogP contribution in [0.4, 0.5) is 0 Å². The average Bonchev–Trinajstić information content (AvgIpc) is 2.73. The summed E-state index contributed by atoms with van der Waals surface area (Å²) in [6.07, 6.45) is -0.984. The van der Waals surface area contributed by atoms with Gasteiger partial charge < -0.3 is 19.0 Å². The number of furan rings is 1. The molecule has 1 N–H and O–H groups in total. The molecule has 0 spiro atoms. The molecule has 0 bridgehead atoms. The molecular weight excluding hydrogens is 264 g/mol. The molecule has 106 valence electrons. The molecule has 0 aliphatic heterocycles. The lowest BCUT2D eigenvalue weighted by Gasteiger charge is -2.10. The van der Waals surface area contributed by atoms with E-state index in [4.69, 9.17) is 19.0 Å². The Labute approximate surface area is 114 Å². The summed E-state index contributed by atoms with van der Waals surface area (Å²) in [7, 11) is 1.29. The summed E-state index contributed by atoms with van der Waals surface area (Å²) in [6, 6.07) is 4.78. The highest BCUT2D eigenvalue weighted by molar-refractivity contribution is 6.04. The molecule has 2 aromatic rings. The van der Waals surface area contributed by atoms with E-state index >= 15 is 0 Å². The molecule has 1 aromatic heterocycles. The zero-order valence-corrected chi connectivity index (χ0v) is 11.3. The molecule has 0 radical (unpaired) electrons. The molecule has 6 nitrogen and oxygen atoms in total. The van der Waals surface area contributed by atoms with Gasteiger partial charge in [0.25, 0.3) is 0 Å². The van der Waals surface area contributed by atoms with E-state index in [-0.39, 0.29) is 0 Å². The van der Waals surface area contributed by atoms with Crippen LogP contribution in [0.25, 0.3) is 11.0 Å². The van der Waals surface area contributed by atoms with Gasteiger partial charge >= 0.3 is 11.9 Å². The third kappa shape index (κ3) is 2.45. The Kier molecular flexibility index (Phi) is 3.65. The van der Waals surface area contributed by atoms with Crippen LogP contribution in [0, 0.1) is 6.92 Å². The Hall–Kier alpha value is -2.50. The zero-order chi connectivity index (χ0) is 14.9. The first-order chi connectivity index (χ1) is 9.43. The first-order valence-corrected chi connectivity index (χ1v) is 5.95. The predicted octanol–water partition coefficient (Wildman–Crippen LogP) is 2.38. The largest absolute Gasteiger partial charge is 0.479 e. The van der Waals surface area contributed by atoms with E-state index in [0.717, 1.165) is 0 Å². The number of carbonyl (C=O) groups excluding carboxylic acids is 1. The van der Waals surface area contributed by atoms with Crippen molar-refractivity contribution in [1.82, 2.24) is 0 Å². The average molecular weight is 278 g/mol. The summed E-state index contributed by atoms with van der Waals surface area (Å²) in [4.78, 5) is 22.5. The van der Waals surface area contributed by atoms with Gasteiger partial charge in [-0.05, 0) is 32.0 Å². The second-order valence-corrected chi connectivity index (χ2v) is 4.28. The molecule has 1 aromatic carbocycles. The first kappa shape index (κ1) is 13.9. The van der Waals surface area contributed by atoms with Crippen LogP contribution in [0.2, 0.25) is 0 Å². The molecule has 0 saturated heterocycles. The SMILES string of the molecule is COC(=O)c1c(C)oc2ccc(O[C@@H](C)C(=O)O)cc12. The normalized spacial score (nSPS) is 12.2. The molecule has 0 amide bonds. The Bertz CT molecular complexity index is 670. The Morgan fingerprint density at radius 3 is 2.65 bits per heavy atom.